The van der Waals surface area contributed by atoms with Crippen molar-refractivity contribution in [3.05, 3.63) is 10.4 Å². The molecule has 0 bridgehead atoms. The summed E-state index contributed by atoms with van der Waals surface area (Å²) in [7, 11) is 0. The molecule has 0 N–H and O–H groups in total. The number of ether oxygens (including phenoxy) is 4. The highest BCUT2D eigenvalue weighted by molar-refractivity contribution is 5.68. The summed E-state index contributed by atoms with van der Waals surface area (Å²) in [6.45, 7) is 4.99. The van der Waals surface area contributed by atoms with Crippen LogP contribution in [0.5, 0.6) is 0 Å². The van der Waals surface area contributed by atoms with Gasteiger partial charge in [-0.25, -0.2) is 0 Å². The van der Waals surface area contributed by atoms with Gasteiger partial charge in [0, 0.05) is 25.7 Å². The molecule has 0 spiro atoms. The van der Waals surface area contributed by atoms with Crippen LogP contribution in [0.15, 0.2) is 5.11 Å². The molecule has 122 valence electrons. The molecule has 0 radical (unpaired) electrons. The smallest absolute Gasteiger partial charge is 0.305 e. The highest BCUT2D eigenvalue weighted by Gasteiger charge is 2.49. The summed E-state index contributed by atoms with van der Waals surface area (Å²) in [6, 6.07) is -0.940. The Morgan fingerprint density at radius 3 is 1.95 bits per heavy atom. The lowest BCUT2D eigenvalue weighted by Gasteiger charge is -2.41. The molecule has 10 nitrogen and oxygen atoms in total. The Kier molecular flexibility index (Phi) is 6.14. The summed E-state index contributed by atoms with van der Waals surface area (Å²) >= 11 is 0. The third kappa shape index (κ3) is 4.61. The zero-order valence-electron chi connectivity index (χ0n) is 12.6. The predicted molar refractivity (Wildman–Crippen MR) is 70.1 cm³/mol. The fourth-order valence-electron chi connectivity index (χ4n) is 2.11. The van der Waals surface area contributed by atoms with E-state index in [1.807, 2.05) is 0 Å². The van der Waals surface area contributed by atoms with Gasteiger partial charge in [-0.05, 0) is 12.5 Å². The average Bonchev–Trinajstić information content (AvgIpc) is 2.36. The van der Waals surface area contributed by atoms with E-state index in [0.29, 0.717) is 0 Å². The fraction of sp³-hybridized carbons (Fsp3) is 0.750. The highest BCUT2D eigenvalue weighted by Crippen LogP contribution is 2.29. The number of esters is 3. The monoisotopic (exact) mass is 315 g/mol. The van der Waals surface area contributed by atoms with Gasteiger partial charge in [0.05, 0.1) is 6.10 Å². The number of carbonyl (C=O) groups excluding carboxylic acids is 3. The summed E-state index contributed by atoms with van der Waals surface area (Å²) in [5.41, 5.74) is 8.64. The first-order chi connectivity index (χ1) is 10.3. The molecule has 1 rings (SSSR count). The van der Waals surface area contributed by atoms with Crippen molar-refractivity contribution < 1.29 is 33.3 Å². The second kappa shape index (κ2) is 7.62. The van der Waals surface area contributed by atoms with E-state index in [4.69, 9.17) is 24.5 Å². The molecule has 0 saturated carbocycles. The highest BCUT2D eigenvalue weighted by atomic mass is 16.7. The summed E-state index contributed by atoms with van der Waals surface area (Å²) in [6.07, 6.45) is -4.37. The zero-order valence-corrected chi connectivity index (χ0v) is 12.6. The topological polar surface area (TPSA) is 137 Å². The maximum atomic E-state index is 11.3. The lowest BCUT2D eigenvalue weighted by atomic mass is 9.97. The molecule has 1 saturated heterocycles. The average molecular weight is 315 g/mol. The first-order valence-corrected chi connectivity index (χ1v) is 6.47. The summed E-state index contributed by atoms with van der Waals surface area (Å²) in [4.78, 5) is 36.4. The maximum Gasteiger partial charge on any atom is 0.305 e. The van der Waals surface area contributed by atoms with Crippen molar-refractivity contribution >= 4 is 17.9 Å². The lowest BCUT2D eigenvalue weighted by Crippen LogP contribution is -2.59. The van der Waals surface area contributed by atoms with Crippen LogP contribution in [0.25, 0.3) is 10.4 Å². The van der Waals surface area contributed by atoms with Crippen molar-refractivity contribution in [2.45, 2.75) is 58.3 Å². The minimum Gasteiger partial charge on any atom is -0.458 e. The number of hydrogen-bond donors (Lipinski definition) is 0. The molecular weight excluding hydrogens is 298 g/mol. The second-order valence-electron chi connectivity index (χ2n) is 4.66. The van der Waals surface area contributed by atoms with Crippen LogP contribution in [-0.2, 0) is 33.3 Å². The molecule has 1 fully saturated rings. The van der Waals surface area contributed by atoms with E-state index in [9.17, 15) is 14.4 Å². The van der Waals surface area contributed by atoms with E-state index in [1.54, 1.807) is 6.92 Å². The van der Waals surface area contributed by atoms with Crippen molar-refractivity contribution in [1.29, 1.82) is 0 Å². The van der Waals surface area contributed by atoms with Crippen molar-refractivity contribution in [3.8, 4) is 0 Å². The molecule has 22 heavy (non-hydrogen) atoms. The van der Waals surface area contributed by atoms with Crippen molar-refractivity contribution in [2.24, 2.45) is 5.11 Å². The Labute approximate surface area is 126 Å². The molecule has 0 amide bonds. The van der Waals surface area contributed by atoms with Gasteiger partial charge in [0.25, 0.3) is 0 Å². The number of carbonyl (C=O) groups is 3. The first kappa shape index (κ1) is 17.7. The van der Waals surface area contributed by atoms with Gasteiger partial charge < -0.3 is 18.9 Å². The van der Waals surface area contributed by atoms with Gasteiger partial charge in [-0.1, -0.05) is 5.11 Å². The molecule has 1 aliphatic rings. The van der Waals surface area contributed by atoms with Crippen LogP contribution in [0.1, 0.15) is 27.7 Å². The van der Waals surface area contributed by atoms with E-state index in [1.165, 1.54) is 0 Å². The fourth-order valence-corrected chi connectivity index (χ4v) is 2.11. The minimum absolute atomic E-state index is 0.668. The van der Waals surface area contributed by atoms with Gasteiger partial charge in [-0.15, -0.1) is 0 Å². The van der Waals surface area contributed by atoms with E-state index in [-0.39, 0.29) is 0 Å². The normalized spacial score (nSPS) is 30.6. The summed E-state index contributed by atoms with van der Waals surface area (Å²) < 4.78 is 20.5. The maximum absolute atomic E-state index is 11.3. The van der Waals surface area contributed by atoms with Gasteiger partial charge in [0.15, 0.2) is 6.10 Å². The first-order valence-electron chi connectivity index (χ1n) is 6.47. The second-order valence-corrected chi connectivity index (χ2v) is 4.66. The summed E-state index contributed by atoms with van der Waals surface area (Å²) in [5.74, 6) is -2.04. The van der Waals surface area contributed by atoms with Crippen LogP contribution in [0.3, 0.4) is 0 Å². The van der Waals surface area contributed by atoms with Crippen LogP contribution in [0.2, 0.25) is 0 Å². The SMILES string of the molecule is CC(=O)OC1O[C@@H](C)[C@@H](N=[N+]=[N-])[C@@H](OC(C)=O)[C@@H]1OC(C)=O. The van der Waals surface area contributed by atoms with E-state index in [0.717, 1.165) is 20.8 Å². The Hall–Kier alpha value is -2.32. The van der Waals surface area contributed by atoms with E-state index < -0.39 is 48.6 Å². The van der Waals surface area contributed by atoms with E-state index >= 15 is 0 Å². The minimum atomic E-state index is -1.27. The van der Waals surface area contributed by atoms with Crippen LogP contribution in [-0.4, -0.2) is 48.6 Å². The molecule has 10 heteroatoms. The number of azide groups is 1. The Balaban J connectivity index is 3.17. The molecule has 1 aliphatic heterocycles. The quantitative estimate of drug-likeness (QED) is 0.246. The number of rotatable bonds is 4. The molecule has 0 aromatic rings. The molecule has 0 aromatic heterocycles. The van der Waals surface area contributed by atoms with Crippen LogP contribution < -0.4 is 0 Å². The predicted octanol–water partition coefficient (Wildman–Crippen LogP) is 0.837. The van der Waals surface area contributed by atoms with Crippen molar-refractivity contribution in [2.75, 3.05) is 0 Å². The van der Waals surface area contributed by atoms with Gasteiger partial charge in [0.1, 0.15) is 6.04 Å². The number of nitrogens with zero attached hydrogens (tertiary/aromatic N) is 3. The van der Waals surface area contributed by atoms with Crippen LogP contribution in [0, 0.1) is 0 Å². The lowest BCUT2D eigenvalue weighted by molar-refractivity contribution is -0.268. The Morgan fingerprint density at radius 1 is 1.00 bits per heavy atom. The van der Waals surface area contributed by atoms with Gasteiger partial charge in [-0.3, -0.25) is 14.4 Å². The van der Waals surface area contributed by atoms with E-state index in [2.05, 4.69) is 10.0 Å². The third-order valence-electron chi connectivity index (χ3n) is 2.83. The van der Waals surface area contributed by atoms with Gasteiger partial charge in [-0.2, -0.15) is 0 Å². The van der Waals surface area contributed by atoms with Crippen LogP contribution >= 0.6 is 0 Å². The molecule has 0 aromatic carbocycles. The number of hydrogen-bond acceptors (Lipinski definition) is 8. The third-order valence-corrected chi connectivity index (χ3v) is 2.83. The van der Waals surface area contributed by atoms with Crippen LogP contribution in [0.4, 0.5) is 0 Å². The standard InChI is InChI=1S/C12H17N3O7/c1-5-9(14-15-13)10(20-6(2)16)11(21-7(3)17)12(19-5)22-8(4)18/h5,9-12H,1-4H3/t5-,9+,10+,11-,12?/m0/s1. The Morgan fingerprint density at radius 2 is 1.50 bits per heavy atom. The van der Waals surface area contributed by atoms with Crippen molar-refractivity contribution in [3.63, 3.8) is 0 Å². The largest absolute Gasteiger partial charge is 0.458 e. The zero-order chi connectivity index (χ0) is 16.9. The van der Waals surface area contributed by atoms with Crippen molar-refractivity contribution in [1.82, 2.24) is 0 Å². The molecule has 5 atom stereocenters. The summed E-state index contributed by atoms with van der Waals surface area (Å²) in [5, 5.41) is 3.52. The molecule has 1 heterocycles. The molecule has 1 unspecified atom stereocenters. The molecular formula is C12H17N3O7. The van der Waals surface area contributed by atoms with Gasteiger partial charge >= 0.3 is 17.9 Å². The molecule has 0 aliphatic carbocycles. The Bertz CT molecular complexity index is 503. The van der Waals surface area contributed by atoms with Gasteiger partial charge in [0.2, 0.25) is 12.4 Å².